The number of rotatable bonds is 4. The molecule has 3 rings (SSSR count). The molecule has 0 aliphatic carbocycles. The highest BCUT2D eigenvalue weighted by Crippen LogP contribution is 2.22. The molecule has 0 aromatic heterocycles. The molecule has 0 N–H and O–H groups in total. The lowest BCUT2D eigenvalue weighted by molar-refractivity contribution is 1.35. The van der Waals surface area contributed by atoms with Crippen LogP contribution in [0, 0.1) is 34.6 Å². The Bertz CT molecular complexity index is 916. The lowest BCUT2D eigenvalue weighted by Crippen LogP contribution is -2.34. The number of aryl methyl sites for hydroxylation is 5. The van der Waals surface area contributed by atoms with Crippen molar-refractivity contribution >= 4 is 24.3 Å². The molecule has 0 unspecified atom stereocenters. The smallest absolute Gasteiger partial charge is 0.0985 e. The van der Waals surface area contributed by atoms with E-state index in [-0.39, 0.29) is 0 Å². The van der Waals surface area contributed by atoms with Gasteiger partial charge in [-0.25, -0.2) is 0 Å². The Labute approximate surface area is 158 Å². The molecule has 0 heterocycles. The van der Waals surface area contributed by atoms with Crippen LogP contribution in [0.2, 0.25) is 0 Å². The van der Waals surface area contributed by atoms with Crippen molar-refractivity contribution in [2.45, 2.75) is 34.6 Å². The average molecular weight is 338 g/mol. The summed E-state index contributed by atoms with van der Waals surface area (Å²) in [5, 5.41) is 0. The summed E-state index contributed by atoms with van der Waals surface area (Å²) in [6.07, 6.45) is 1.88. The van der Waals surface area contributed by atoms with E-state index in [1.807, 2.05) is 6.08 Å². The van der Waals surface area contributed by atoms with Crippen molar-refractivity contribution < 1.29 is 0 Å². The topological polar surface area (TPSA) is 0 Å². The van der Waals surface area contributed by atoms with E-state index in [1.165, 1.54) is 49.9 Å². The van der Waals surface area contributed by atoms with Gasteiger partial charge in [0.25, 0.3) is 0 Å². The van der Waals surface area contributed by atoms with Crippen LogP contribution in [0.1, 0.15) is 33.4 Å². The summed E-state index contributed by atoms with van der Waals surface area (Å²) >= 11 is 0. The molecule has 0 atom stereocenters. The van der Waals surface area contributed by atoms with Gasteiger partial charge < -0.3 is 0 Å². The van der Waals surface area contributed by atoms with Gasteiger partial charge in [-0.05, 0) is 51.3 Å². The molecule has 130 valence electrons. The highest BCUT2D eigenvalue weighted by atomic mass is 14.1. The maximum atomic E-state index is 3.83. The largest absolute Gasteiger partial charge is 0.193 e. The zero-order valence-corrected chi connectivity index (χ0v) is 16.6. The van der Waals surface area contributed by atoms with Crippen LogP contribution in [-0.4, -0.2) is 7.28 Å². The first-order valence-electron chi connectivity index (χ1n) is 9.28. The van der Waals surface area contributed by atoms with E-state index < -0.39 is 0 Å². The fourth-order valence-corrected chi connectivity index (χ4v) is 3.92. The van der Waals surface area contributed by atoms with Crippen molar-refractivity contribution in [1.82, 2.24) is 0 Å². The maximum Gasteiger partial charge on any atom is 0.193 e. The Hall–Kier alpha value is -2.54. The zero-order chi connectivity index (χ0) is 18.8. The number of hydrogen-bond donors (Lipinski definition) is 0. The van der Waals surface area contributed by atoms with E-state index in [4.69, 9.17) is 0 Å². The predicted molar refractivity (Wildman–Crippen MR) is 119 cm³/mol. The molecule has 0 spiro atoms. The van der Waals surface area contributed by atoms with Crippen molar-refractivity contribution in [1.29, 1.82) is 0 Å². The first-order chi connectivity index (χ1) is 12.4. The van der Waals surface area contributed by atoms with Crippen LogP contribution < -0.4 is 10.9 Å². The Morgan fingerprint density at radius 2 is 1.12 bits per heavy atom. The number of benzene rings is 3. The molecular formula is C25H27B. The first-order valence-corrected chi connectivity index (χ1v) is 9.28. The highest BCUT2D eigenvalue weighted by molar-refractivity contribution is 6.69. The minimum Gasteiger partial charge on any atom is -0.0985 e. The molecule has 0 saturated heterocycles. The van der Waals surface area contributed by atoms with Crippen LogP contribution in [0.15, 0.2) is 55.1 Å². The second-order valence-corrected chi connectivity index (χ2v) is 7.47. The summed E-state index contributed by atoms with van der Waals surface area (Å²) in [6, 6.07) is 17.8. The van der Waals surface area contributed by atoms with Crippen LogP contribution in [0.3, 0.4) is 0 Å². The fraction of sp³-hybridized carbons (Fsp3) is 0.200. The summed E-state index contributed by atoms with van der Waals surface area (Å²) in [5.74, 6) is 0. The second-order valence-electron chi connectivity index (χ2n) is 7.47. The summed E-state index contributed by atoms with van der Waals surface area (Å²) in [4.78, 5) is 0. The Balaban J connectivity index is 1.99. The van der Waals surface area contributed by atoms with Crippen molar-refractivity contribution in [3.8, 4) is 11.1 Å². The Kier molecular flexibility index (Phi) is 5.18. The van der Waals surface area contributed by atoms with Gasteiger partial charge in [0, 0.05) is 0 Å². The molecule has 0 aliphatic rings. The van der Waals surface area contributed by atoms with Crippen LogP contribution in [0.4, 0.5) is 0 Å². The van der Waals surface area contributed by atoms with Gasteiger partial charge in [-0.2, -0.15) is 0 Å². The third kappa shape index (κ3) is 3.67. The zero-order valence-electron chi connectivity index (χ0n) is 16.6. The third-order valence-electron chi connectivity index (χ3n) is 5.37. The highest BCUT2D eigenvalue weighted by Gasteiger charge is 2.12. The van der Waals surface area contributed by atoms with E-state index in [0.29, 0.717) is 0 Å². The van der Waals surface area contributed by atoms with Crippen LogP contribution >= 0.6 is 0 Å². The quantitative estimate of drug-likeness (QED) is 0.592. The molecule has 1 heteroatoms. The summed E-state index contributed by atoms with van der Waals surface area (Å²) in [6.45, 7) is 14.9. The molecule has 3 aromatic rings. The molecule has 0 nitrogen and oxygen atoms in total. The van der Waals surface area contributed by atoms with Crippen molar-refractivity contribution in [3.63, 3.8) is 0 Å². The van der Waals surface area contributed by atoms with Crippen LogP contribution in [-0.2, 0) is 0 Å². The Morgan fingerprint density at radius 3 is 1.58 bits per heavy atom. The van der Waals surface area contributed by atoms with E-state index >= 15 is 0 Å². The summed E-state index contributed by atoms with van der Waals surface area (Å²) < 4.78 is 0. The van der Waals surface area contributed by atoms with Crippen molar-refractivity contribution in [2.75, 3.05) is 0 Å². The first kappa shape index (κ1) is 18.3. The van der Waals surface area contributed by atoms with Crippen molar-refractivity contribution in [3.05, 3.63) is 88.5 Å². The molecule has 0 fully saturated rings. The summed E-state index contributed by atoms with van der Waals surface area (Å²) in [5.41, 5.74) is 13.5. The standard InChI is InChI=1S/C25H27B/c1-7-21-8-10-22(11-9-21)23-14-19(5)25(20(6)15-23)26-24-17(3)12-16(2)13-18(24)4/h7-15,26H,1H2,2-6H3. The molecular weight excluding hydrogens is 311 g/mol. The monoisotopic (exact) mass is 338 g/mol. The van der Waals surface area contributed by atoms with Gasteiger partial charge in [0.2, 0.25) is 0 Å². The van der Waals surface area contributed by atoms with Gasteiger partial charge in [-0.1, -0.05) is 99.9 Å². The van der Waals surface area contributed by atoms with Crippen molar-refractivity contribution in [2.24, 2.45) is 0 Å². The molecule has 0 aliphatic heterocycles. The second kappa shape index (κ2) is 7.37. The van der Waals surface area contributed by atoms with Gasteiger partial charge in [-0.15, -0.1) is 0 Å². The van der Waals surface area contributed by atoms with Gasteiger partial charge in [0.05, 0.1) is 0 Å². The number of hydrogen-bond acceptors (Lipinski definition) is 0. The molecule has 0 saturated carbocycles. The molecule has 26 heavy (non-hydrogen) atoms. The summed E-state index contributed by atoms with van der Waals surface area (Å²) in [7, 11) is 1.01. The molecule has 0 radical (unpaired) electrons. The van der Waals surface area contributed by atoms with Gasteiger partial charge in [0.15, 0.2) is 7.28 Å². The van der Waals surface area contributed by atoms with E-state index in [0.717, 1.165) is 12.8 Å². The Morgan fingerprint density at radius 1 is 0.654 bits per heavy atom. The fourth-order valence-electron chi connectivity index (χ4n) is 3.92. The van der Waals surface area contributed by atoms with Crippen LogP contribution in [0.25, 0.3) is 17.2 Å². The SMILES string of the molecule is C=Cc1ccc(-c2cc(C)c(Bc3c(C)cc(C)cc3C)c(C)c2)cc1. The predicted octanol–water partition coefficient (Wildman–Crippen LogP) is 4.93. The van der Waals surface area contributed by atoms with E-state index in [2.05, 4.69) is 89.7 Å². The minimum atomic E-state index is 1.01. The van der Waals surface area contributed by atoms with Crippen LogP contribution in [0.5, 0.6) is 0 Å². The van der Waals surface area contributed by atoms with E-state index in [9.17, 15) is 0 Å². The van der Waals surface area contributed by atoms with Gasteiger partial charge in [-0.3, -0.25) is 0 Å². The third-order valence-corrected chi connectivity index (χ3v) is 5.37. The molecule has 0 amide bonds. The minimum absolute atomic E-state index is 1.01. The molecule has 3 aromatic carbocycles. The lowest BCUT2D eigenvalue weighted by Gasteiger charge is -2.16. The molecule has 0 bridgehead atoms. The average Bonchev–Trinajstić information content (AvgIpc) is 2.59. The lowest BCUT2D eigenvalue weighted by atomic mass is 9.58. The normalized spacial score (nSPS) is 10.7. The van der Waals surface area contributed by atoms with E-state index in [1.54, 1.807) is 0 Å². The van der Waals surface area contributed by atoms with Gasteiger partial charge in [0.1, 0.15) is 0 Å². The maximum absolute atomic E-state index is 3.83. The van der Waals surface area contributed by atoms with Gasteiger partial charge >= 0.3 is 0 Å².